The molecule has 0 aromatic heterocycles. The standard InChI is InChI=1S/C15H21N.C14H17N.2C12H15N.C12H16O2.C11H14O2.CH4/c1-10-8-12-7-6-11(2)16-14(12)9-13(10)15(3,4)5;1-10-5-6-11-7-8-12(14(2,3)4)9-13(11)15-10;1-12(2,3)10-4-5-11-9(8-10)6-7-13-11;1-12(2,3)10-5-4-9-6-7-13-11(9)8-10;1-12(2,3)9-4-5-10-11(8-9)14-7-6-13-10;1-11(2,3)8-4-5-9-10(6-8)13-7-12-9;/h8-9,16H,2,6-7H2,1,3-5H3;5-9,15H,1H2,2-4H3;2*4-5,7-8H,6H2,1-3H3;4-5,8H,6-7H2,1-3H3;4-6H,7H2,1-3H3;1H4. The summed E-state index contributed by atoms with van der Waals surface area (Å²) in [5.41, 5.74) is 22.9. The number of hydrogen-bond acceptors (Lipinski definition) is 8. The Morgan fingerprint density at radius 1 is 0.412 bits per heavy atom. The van der Waals surface area contributed by atoms with Crippen LogP contribution in [0.4, 0.5) is 22.7 Å². The zero-order chi connectivity index (χ0) is 61.6. The number of hydrogen-bond donors (Lipinski definition) is 2. The third-order valence-electron chi connectivity index (χ3n) is 15.6. The van der Waals surface area contributed by atoms with Gasteiger partial charge in [0.05, 0.1) is 11.4 Å². The summed E-state index contributed by atoms with van der Waals surface area (Å²) in [5.74, 6) is 3.47. The molecule has 6 aromatic carbocycles. The summed E-state index contributed by atoms with van der Waals surface area (Å²) in [6.07, 6.45) is 12.2. The van der Waals surface area contributed by atoms with Crippen LogP contribution in [0.15, 0.2) is 144 Å². The van der Waals surface area contributed by atoms with E-state index in [1.54, 1.807) is 0 Å². The highest BCUT2D eigenvalue weighted by Gasteiger charge is 2.24. The molecular weight excluding hydrogens is 1040 g/mol. The van der Waals surface area contributed by atoms with Crippen LogP contribution in [0.1, 0.15) is 200 Å². The van der Waals surface area contributed by atoms with E-state index in [1.165, 1.54) is 66.9 Å². The second kappa shape index (κ2) is 26.9. The van der Waals surface area contributed by atoms with Crippen LogP contribution in [-0.4, -0.2) is 32.4 Å². The molecule has 12 rings (SSSR count). The van der Waals surface area contributed by atoms with Gasteiger partial charge in [0, 0.05) is 48.0 Å². The van der Waals surface area contributed by atoms with Gasteiger partial charge in [-0.25, -0.2) is 0 Å². The zero-order valence-corrected chi connectivity index (χ0v) is 54.5. The number of allylic oxidation sites excluding steroid dienone is 2. The van der Waals surface area contributed by atoms with Crippen molar-refractivity contribution in [2.24, 2.45) is 9.98 Å². The second-order valence-corrected chi connectivity index (χ2v) is 29.0. The molecule has 8 nitrogen and oxygen atoms in total. The van der Waals surface area contributed by atoms with Crippen LogP contribution in [0.3, 0.4) is 0 Å². The molecule has 2 N–H and O–H groups in total. The van der Waals surface area contributed by atoms with E-state index >= 15 is 0 Å². The van der Waals surface area contributed by atoms with Crippen molar-refractivity contribution in [1.29, 1.82) is 0 Å². The molecule has 6 aliphatic rings. The first-order valence-electron chi connectivity index (χ1n) is 30.1. The third-order valence-corrected chi connectivity index (χ3v) is 15.6. The zero-order valence-electron chi connectivity index (χ0n) is 54.5. The number of benzene rings is 6. The molecule has 0 bridgehead atoms. The topological polar surface area (TPSA) is 85.7 Å². The second-order valence-electron chi connectivity index (χ2n) is 29.0. The van der Waals surface area contributed by atoms with Gasteiger partial charge in [0.25, 0.3) is 0 Å². The summed E-state index contributed by atoms with van der Waals surface area (Å²) in [4.78, 5) is 8.65. The number of aliphatic imine (C=N–C) groups is 2. The van der Waals surface area contributed by atoms with Crippen LogP contribution in [0.5, 0.6) is 23.0 Å². The van der Waals surface area contributed by atoms with Crippen molar-refractivity contribution in [3.8, 4) is 23.0 Å². The van der Waals surface area contributed by atoms with E-state index in [9.17, 15) is 0 Å². The monoisotopic (exact) mass is 1150 g/mol. The minimum atomic E-state index is 0. The van der Waals surface area contributed by atoms with Crippen LogP contribution in [0.25, 0.3) is 6.08 Å². The molecule has 0 radical (unpaired) electrons. The van der Waals surface area contributed by atoms with Gasteiger partial charge in [0.1, 0.15) is 13.2 Å². The Bertz CT molecular complexity index is 3400. The van der Waals surface area contributed by atoms with Crippen molar-refractivity contribution >= 4 is 41.3 Å². The van der Waals surface area contributed by atoms with Gasteiger partial charge in [0.2, 0.25) is 6.79 Å². The Balaban J connectivity index is 0.000000163. The molecule has 6 heterocycles. The van der Waals surface area contributed by atoms with Gasteiger partial charge in [-0.3, -0.25) is 9.98 Å². The van der Waals surface area contributed by atoms with E-state index in [0.717, 1.165) is 77.1 Å². The maximum absolute atomic E-state index is 5.53. The number of nitrogens with zero attached hydrogens (tertiary/aromatic N) is 2. The summed E-state index contributed by atoms with van der Waals surface area (Å²) >= 11 is 0. The summed E-state index contributed by atoms with van der Waals surface area (Å²) in [7, 11) is 0. The Kier molecular flexibility index (Phi) is 21.2. The summed E-state index contributed by atoms with van der Waals surface area (Å²) < 4.78 is 21.6. The van der Waals surface area contributed by atoms with E-state index in [0.29, 0.717) is 20.0 Å². The van der Waals surface area contributed by atoms with E-state index in [1.807, 2.05) is 30.6 Å². The molecular formula is C77H102N4O4. The third kappa shape index (κ3) is 18.3. The highest BCUT2D eigenvalue weighted by atomic mass is 16.7. The Morgan fingerprint density at radius 2 is 0.894 bits per heavy atom. The lowest BCUT2D eigenvalue weighted by molar-refractivity contribution is 0.171. The minimum Gasteiger partial charge on any atom is -0.486 e. The minimum absolute atomic E-state index is 0. The number of fused-ring (bicyclic) bond motifs is 6. The molecule has 6 aliphatic heterocycles. The summed E-state index contributed by atoms with van der Waals surface area (Å²) in [6.45, 7) is 51.8. The van der Waals surface area contributed by atoms with E-state index in [2.05, 4.69) is 262 Å². The molecule has 0 spiro atoms. The van der Waals surface area contributed by atoms with E-state index in [-0.39, 0.29) is 39.9 Å². The molecule has 0 saturated carbocycles. The van der Waals surface area contributed by atoms with Gasteiger partial charge in [0.15, 0.2) is 23.0 Å². The molecule has 0 atom stereocenters. The highest BCUT2D eigenvalue weighted by Crippen LogP contribution is 2.39. The quantitative estimate of drug-likeness (QED) is 0.158. The lowest BCUT2D eigenvalue weighted by Crippen LogP contribution is -2.17. The van der Waals surface area contributed by atoms with Crippen LogP contribution >= 0.6 is 0 Å². The molecule has 454 valence electrons. The Hall–Kier alpha value is -7.32. The molecule has 6 aromatic rings. The summed E-state index contributed by atoms with van der Waals surface area (Å²) in [5, 5.41) is 6.70. The van der Waals surface area contributed by atoms with Gasteiger partial charge in [-0.15, -0.1) is 0 Å². The maximum atomic E-state index is 5.53. The Labute approximate surface area is 513 Å². The lowest BCUT2D eigenvalue weighted by atomic mass is 9.82. The fraction of sp³-hybridized carbons (Fsp3) is 0.429. The van der Waals surface area contributed by atoms with Gasteiger partial charge in [-0.05, 0) is 168 Å². The lowest BCUT2D eigenvalue weighted by Gasteiger charge is -2.27. The van der Waals surface area contributed by atoms with Crippen molar-refractivity contribution in [2.75, 3.05) is 30.6 Å². The summed E-state index contributed by atoms with van der Waals surface area (Å²) in [6, 6.07) is 36.7. The van der Waals surface area contributed by atoms with Crippen LogP contribution in [-0.2, 0) is 51.8 Å². The molecule has 0 amide bonds. The average Bonchev–Trinajstić information content (AvgIpc) is 4.40. The molecule has 85 heavy (non-hydrogen) atoms. The largest absolute Gasteiger partial charge is 0.486 e. The van der Waals surface area contributed by atoms with Crippen molar-refractivity contribution in [3.63, 3.8) is 0 Å². The van der Waals surface area contributed by atoms with E-state index < -0.39 is 0 Å². The van der Waals surface area contributed by atoms with Gasteiger partial charge in [-0.1, -0.05) is 206 Å². The van der Waals surface area contributed by atoms with Crippen molar-refractivity contribution in [2.45, 2.75) is 197 Å². The molecule has 0 unspecified atom stereocenters. The first-order chi connectivity index (χ1) is 39.1. The van der Waals surface area contributed by atoms with Crippen molar-refractivity contribution < 1.29 is 18.9 Å². The number of nitrogens with one attached hydrogen (secondary N) is 2. The smallest absolute Gasteiger partial charge is 0.231 e. The molecule has 0 aliphatic carbocycles. The number of aryl methyl sites for hydroxylation is 2. The predicted molar refractivity (Wildman–Crippen MR) is 366 cm³/mol. The van der Waals surface area contributed by atoms with Crippen LogP contribution in [0, 0.1) is 6.92 Å². The van der Waals surface area contributed by atoms with Crippen molar-refractivity contribution in [1.82, 2.24) is 0 Å². The van der Waals surface area contributed by atoms with Crippen LogP contribution < -0.4 is 29.6 Å². The molecule has 0 fully saturated rings. The maximum Gasteiger partial charge on any atom is 0.231 e. The van der Waals surface area contributed by atoms with Gasteiger partial charge in [-0.2, -0.15) is 0 Å². The number of anilines is 2. The first kappa shape index (κ1) is 66.8. The van der Waals surface area contributed by atoms with Crippen LogP contribution in [0.2, 0.25) is 0 Å². The number of rotatable bonds is 0. The first-order valence-corrected chi connectivity index (χ1v) is 30.1. The fourth-order valence-corrected chi connectivity index (χ4v) is 10.1. The predicted octanol–water partition coefficient (Wildman–Crippen LogP) is 20.7. The number of ether oxygens (including phenoxy) is 4. The van der Waals surface area contributed by atoms with Gasteiger partial charge >= 0.3 is 0 Å². The highest BCUT2D eigenvalue weighted by molar-refractivity contribution is 5.77. The van der Waals surface area contributed by atoms with Crippen molar-refractivity contribution in [3.05, 3.63) is 195 Å². The normalized spacial score (nSPS) is 14.8. The van der Waals surface area contributed by atoms with E-state index in [4.69, 9.17) is 18.9 Å². The molecule has 0 saturated heterocycles. The Morgan fingerprint density at radius 3 is 1.49 bits per heavy atom. The SMILES string of the molecule is C.C=C1C=Cc2ccc(C(C)(C)C)cc2N1.C=C1CCc2cc(C)c(C(C)(C)C)cc2N1.CC(C)(C)c1ccc2c(c1)CC=N2.CC(C)(C)c1ccc2c(c1)N=CC2.CC(C)(C)c1ccc2c(c1)OCCO2.CC(C)(C)c1ccc2c(c1)OCO2. The average molecular weight is 1150 g/mol. The fourth-order valence-electron chi connectivity index (χ4n) is 10.1. The van der Waals surface area contributed by atoms with Gasteiger partial charge < -0.3 is 29.6 Å². The molecule has 8 heteroatoms.